The second-order valence-corrected chi connectivity index (χ2v) is 6.53. The van der Waals surface area contributed by atoms with Crippen molar-refractivity contribution < 1.29 is 0 Å². The zero-order valence-electron chi connectivity index (χ0n) is 13.0. The highest BCUT2D eigenvalue weighted by Crippen LogP contribution is 2.46. The number of hydrogen-bond acceptors (Lipinski definition) is 0. The summed E-state index contributed by atoms with van der Waals surface area (Å²) in [6, 6.07) is 24.6. The predicted molar refractivity (Wildman–Crippen MR) is 96.6 cm³/mol. The molecular weight excluding hydrogens is 276 g/mol. The van der Waals surface area contributed by atoms with Crippen LogP contribution in [0.4, 0.5) is 0 Å². The summed E-state index contributed by atoms with van der Waals surface area (Å²) in [5, 5.41) is 0. The molecule has 0 bridgehead atoms. The van der Waals surface area contributed by atoms with Crippen molar-refractivity contribution in [2.45, 2.75) is 18.8 Å². The molecule has 23 heavy (non-hydrogen) atoms. The zero-order valence-corrected chi connectivity index (χ0v) is 13.0. The summed E-state index contributed by atoms with van der Waals surface area (Å²) in [5.41, 5.74) is 10.2. The van der Waals surface area contributed by atoms with Crippen LogP contribution in [0.1, 0.15) is 33.7 Å². The van der Waals surface area contributed by atoms with Crippen LogP contribution in [0, 0.1) is 0 Å². The van der Waals surface area contributed by atoms with Gasteiger partial charge in [-0.1, -0.05) is 78.9 Å². The molecule has 0 nitrogen and oxygen atoms in total. The molecule has 0 amide bonds. The molecule has 0 aromatic heterocycles. The number of rotatable bonds is 2. The van der Waals surface area contributed by atoms with Crippen molar-refractivity contribution in [3.8, 4) is 11.1 Å². The standard InChI is InChI=1S/C23H18/c1-3-12-21-19(10-1)20-11-2-4-13-22(20)23(21)15-17-9-5-7-16-8-6-14-18(16)17/h1-7,9-14,23H,8,15H2. The Bertz CT molecular complexity index is 885. The van der Waals surface area contributed by atoms with Crippen LogP contribution in [0.2, 0.25) is 0 Å². The van der Waals surface area contributed by atoms with Crippen molar-refractivity contribution >= 4 is 6.08 Å². The normalized spacial score (nSPS) is 14.6. The first kappa shape index (κ1) is 12.9. The van der Waals surface area contributed by atoms with E-state index in [1.165, 1.54) is 38.9 Å². The van der Waals surface area contributed by atoms with Gasteiger partial charge in [-0.15, -0.1) is 0 Å². The Morgan fingerprint density at radius 2 is 1.43 bits per heavy atom. The third-order valence-corrected chi connectivity index (χ3v) is 5.30. The Hall–Kier alpha value is -2.60. The Labute approximate surface area is 137 Å². The summed E-state index contributed by atoms with van der Waals surface area (Å²) in [5.74, 6) is 0.475. The van der Waals surface area contributed by atoms with E-state index in [0.717, 1.165) is 12.8 Å². The average molecular weight is 294 g/mol. The summed E-state index contributed by atoms with van der Waals surface area (Å²) >= 11 is 0. The highest BCUT2D eigenvalue weighted by molar-refractivity contribution is 5.79. The molecule has 5 rings (SSSR count). The van der Waals surface area contributed by atoms with Gasteiger partial charge in [0.1, 0.15) is 0 Å². The van der Waals surface area contributed by atoms with E-state index >= 15 is 0 Å². The van der Waals surface area contributed by atoms with Crippen molar-refractivity contribution in [1.82, 2.24) is 0 Å². The molecule has 2 aliphatic rings. The first-order chi connectivity index (χ1) is 11.4. The second-order valence-electron chi connectivity index (χ2n) is 6.53. The number of fused-ring (bicyclic) bond motifs is 4. The van der Waals surface area contributed by atoms with Gasteiger partial charge < -0.3 is 0 Å². The number of benzene rings is 3. The molecule has 0 saturated heterocycles. The first-order valence-electron chi connectivity index (χ1n) is 8.37. The zero-order chi connectivity index (χ0) is 15.2. The lowest BCUT2D eigenvalue weighted by Crippen LogP contribution is -2.03. The van der Waals surface area contributed by atoms with Crippen LogP contribution in [0.5, 0.6) is 0 Å². The molecule has 0 heteroatoms. The monoisotopic (exact) mass is 294 g/mol. The summed E-state index contributed by atoms with van der Waals surface area (Å²) in [6.45, 7) is 0. The van der Waals surface area contributed by atoms with Gasteiger partial charge in [-0.2, -0.15) is 0 Å². The smallest absolute Gasteiger partial charge is 0.0142 e. The van der Waals surface area contributed by atoms with E-state index < -0.39 is 0 Å². The summed E-state index contributed by atoms with van der Waals surface area (Å²) in [7, 11) is 0. The Morgan fingerprint density at radius 1 is 0.739 bits per heavy atom. The fourth-order valence-corrected chi connectivity index (χ4v) is 4.24. The molecule has 0 fully saturated rings. The molecule has 2 aliphatic carbocycles. The lowest BCUT2D eigenvalue weighted by Gasteiger charge is -2.16. The van der Waals surface area contributed by atoms with Crippen LogP contribution in [0.25, 0.3) is 17.2 Å². The van der Waals surface area contributed by atoms with Gasteiger partial charge in [-0.3, -0.25) is 0 Å². The van der Waals surface area contributed by atoms with Crippen LogP contribution in [0.15, 0.2) is 72.8 Å². The maximum atomic E-state index is 2.30. The molecular formula is C23H18. The van der Waals surface area contributed by atoms with Gasteiger partial charge in [0, 0.05) is 5.92 Å². The van der Waals surface area contributed by atoms with E-state index in [2.05, 4.69) is 78.9 Å². The van der Waals surface area contributed by atoms with Crippen molar-refractivity contribution in [3.05, 3.63) is 101 Å². The molecule has 0 atom stereocenters. The SMILES string of the molecule is C1=Cc2c(cccc2CC2c3ccccc3-c3ccccc32)C1. The highest BCUT2D eigenvalue weighted by atomic mass is 14.3. The minimum atomic E-state index is 0.475. The predicted octanol–water partition coefficient (Wildman–Crippen LogP) is 5.61. The maximum absolute atomic E-state index is 2.30. The van der Waals surface area contributed by atoms with E-state index in [1.807, 2.05) is 0 Å². The first-order valence-corrected chi connectivity index (χ1v) is 8.37. The Balaban J connectivity index is 1.64. The fraction of sp³-hybridized carbons (Fsp3) is 0.130. The second kappa shape index (κ2) is 4.96. The lowest BCUT2D eigenvalue weighted by atomic mass is 9.88. The van der Waals surface area contributed by atoms with Crippen LogP contribution in [-0.4, -0.2) is 0 Å². The molecule has 0 aliphatic heterocycles. The van der Waals surface area contributed by atoms with Crippen LogP contribution < -0.4 is 0 Å². The molecule has 3 aromatic carbocycles. The fourth-order valence-electron chi connectivity index (χ4n) is 4.24. The minimum absolute atomic E-state index is 0.475. The van der Waals surface area contributed by atoms with Gasteiger partial charge in [0.25, 0.3) is 0 Å². The summed E-state index contributed by atoms with van der Waals surface area (Å²) in [4.78, 5) is 0. The summed E-state index contributed by atoms with van der Waals surface area (Å²) in [6.07, 6.45) is 6.75. The van der Waals surface area contributed by atoms with Gasteiger partial charge in [0.05, 0.1) is 0 Å². The quantitative estimate of drug-likeness (QED) is 0.576. The minimum Gasteiger partial charge on any atom is -0.0795 e. The van der Waals surface area contributed by atoms with Crippen molar-refractivity contribution in [2.24, 2.45) is 0 Å². The van der Waals surface area contributed by atoms with Crippen molar-refractivity contribution in [1.29, 1.82) is 0 Å². The molecule has 0 unspecified atom stereocenters. The van der Waals surface area contributed by atoms with Crippen LogP contribution >= 0.6 is 0 Å². The van der Waals surface area contributed by atoms with Crippen molar-refractivity contribution in [2.75, 3.05) is 0 Å². The molecule has 0 saturated carbocycles. The van der Waals surface area contributed by atoms with Gasteiger partial charge >= 0.3 is 0 Å². The molecule has 0 spiro atoms. The van der Waals surface area contributed by atoms with Gasteiger partial charge in [-0.25, -0.2) is 0 Å². The summed E-state index contributed by atoms with van der Waals surface area (Å²) < 4.78 is 0. The third kappa shape index (κ3) is 1.91. The molecule has 0 N–H and O–H groups in total. The maximum Gasteiger partial charge on any atom is 0.0142 e. The largest absolute Gasteiger partial charge is 0.0795 e. The Kier molecular flexibility index (Phi) is 2.78. The van der Waals surface area contributed by atoms with Crippen LogP contribution in [-0.2, 0) is 12.8 Å². The van der Waals surface area contributed by atoms with E-state index in [4.69, 9.17) is 0 Å². The average Bonchev–Trinajstić information content (AvgIpc) is 3.20. The van der Waals surface area contributed by atoms with E-state index in [9.17, 15) is 0 Å². The third-order valence-electron chi connectivity index (χ3n) is 5.30. The molecule has 3 aromatic rings. The van der Waals surface area contributed by atoms with E-state index in [1.54, 1.807) is 0 Å². The molecule has 0 heterocycles. The number of hydrogen-bond donors (Lipinski definition) is 0. The van der Waals surface area contributed by atoms with Gasteiger partial charge in [-0.05, 0) is 51.8 Å². The molecule has 0 radical (unpaired) electrons. The molecule has 110 valence electrons. The lowest BCUT2D eigenvalue weighted by molar-refractivity contribution is 0.825. The Morgan fingerprint density at radius 3 is 2.17 bits per heavy atom. The van der Waals surface area contributed by atoms with Gasteiger partial charge in [0.2, 0.25) is 0 Å². The number of allylic oxidation sites excluding steroid dienone is 1. The highest BCUT2D eigenvalue weighted by Gasteiger charge is 2.28. The van der Waals surface area contributed by atoms with E-state index in [0.29, 0.717) is 5.92 Å². The van der Waals surface area contributed by atoms with Crippen molar-refractivity contribution in [3.63, 3.8) is 0 Å². The van der Waals surface area contributed by atoms with Gasteiger partial charge in [0.15, 0.2) is 0 Å². The van der Waals surface area contributed by atoms with E-state index in [-0.39, 0.29) is 0 Å². The topological polar surface area (TPSA) is 0 Å². The van der Waals surface area contributed by atoms with Crippen LogP contribution in [0.3, 0.4) is 0 Å².